The summed E-state index contributed by atoms with van der Waals surface area (Å²) in [6.45, 7) is 4.81. The van der Waals surface area contributed by atoms with Crippen LogP contribution in [-0.4, -0.2) is 42.9 Å². The van der Waals surface area contributed by atoms with Gasteiger partial charge in [-0.1, -0.05) is 0 Å². The lowest BCUT2D eigenvalue weighted by molar-refractivity contribution is 0.0602. The van der Waals surface area contributed by atoms with E-state index >= 15 is 0 Å². The number of rotatable bonds is 9. The van der Waals surface area contributed by atoms with Crippen molar-refractivity contribution >= 4 is 33.9 Å². The number of thiophene rings is 1. The zero-order valence-corrected chi connectivity index (χ0v) is 20.6. The van der Waals surface area contributed by atoms with Gasteiger partial charge in [0.2, 0.25) is 0 Å². The second kappa shape index (κ2) is 10.3. The minimum absolute atomic E-state index is 0.244. The number of fused-ring (bicyclic) bond motifs is 1. The first kappa shape index (κ1) is 24.5. The third-order valence-electron chi connectivity index (χ3n) is 5.52. The Bertz CT molecular complexity index is 1380. The molecule has 3 heterocycles. The highest BCUT2D eigenvalue weighted by Gasteiger charge is 2.20. The number of aromatic nitrogens is 2. The highest BCUT2D eigenvalue weighted by Crippen LogP contribution is 2.37. The number of esters is 1. The number of nitrogens with one attached hydrogen (secondary N) is 1. The van der Waals surface area contributed by atoms with E-state index in [4.69, 9.17) is 14.2 Å². The number of benzene rings is 1. The van der Waals surface area contributed by atoms with Crippen LogP contribution in [0.4, 0.5) is 14.5 Å². The van der Waals surface area contributed by atoms with Crippen molar-refractivity contribution in [3.05, 3.63) is 58.7 Å². The van der Waals surface area contributed by atoms with Gasteiger partial charge in [0.25, 0.3) is 0 Å². The minimum Gasteiger partial charge on any atom is -0.496 e. The summed E-state index contributed by atoms with van der Waals surface area (Å²) in [4.78, 5) is 17.2. The molecule has 0 amide bonds. The molecule has 0 aliphatic heterocycles. The molecule has 4 rings (SSSR count). The number of anilines is 1. The van der Waals surface area contributed by atoms with Gasteiger partial charge in [-0.3, -0.25) is 4.98 Å². The van der Waals surface area contributed by atoms with E-state index in [1.165, 1.54) is 13.2 Å². The van der Waals surface area contributed by atoms with E-state index in [1.807, 2.05) is 24.5 Å². The Labute approximate surface area is 205 Å². The molecule has 0 saturated heterocycles. The van der Waals surface area contributed by atoms with E-state index in [2.05, 4.69) is 10.3 Å². The summed E-state index contributed by atoms with van der Waals surface area (Å²) in [7, 11) is 2.84. The summed E-state index contributed by atoms with van der Waals surface area (Å²) in [6.07, 6.45) is 1.12. The maximum absolute atomic E-state index is 14.6. The van der Waals surface area contributed by atoms with E-state index in [-0.39, 0.29) is 11.5 Å². The van der Waals surface area contributed by atoms with E-state index in [1.54, 1.807) is 25.3 Å². The second-order valence-electron chi connectivity index (χ2n) is 7.65. The van der Waals surface area contributed by atoms with E-state index < -0.39 is 11.8 Å². The van der Waals surface area contributed by atoms with Gasteiger partial charge >= 0.3 is 5.97 Å². The summed E-state index contributed by atoms with van der Waals surface area (Å²) in [5.74, 6) is -0.397. The smallest absolute Gasteiger partial charge is 0.351 e. The summed E-state index contributed by atoms with van der Waals surface area (Å²) >= 11 is 1.16. The summed E-state index contributed by atoms with van der Waals surface area (Å²) < 4.78 is 46.7. The molecule has 0 aliphatic carbocycles. The lowest BCUT2D eigenvalue weighted by Gasteiger charge is -2.12. The number of hydrogen-bond acceptors (Lipinski definition) is 7. The first-order chi connectivity index (χ1) is 16.9. The van der Waals surface area contributed by atoms with Crippen LogP contribution >= 0.6 is 11.3 Å². The Hall–Kier alpha value is -3.66. The van der Waals surface area contributed by atoms with Gasteiger partial charge in [-0.05, 0) is 38.1 Å². The Morgan fingerprint density at radius 3 is 2.66 bits per heavy atom. The van der Waals surface area contributed by atoms with E-state index in [9.17, 15) is 13.6 Å². The maximum Gasteiger partial charge on any atom is 0.351 e. The average molecular weight is 502 g/mol. The van der Waals surface area contributed by atoms with Gasteiger partial charge in [-0.25, -0.2) is 13.6 Å². The molecular formula is C25H25F2N3O4S. The van der Waals surface area contributed by atoms with Crippen LogP contribution in [0.15, 0.2) is 36.5 Å². The molecule has 184 valence electrons. The fourth-order valence-electron chi connectivity index (χ4n) is 3.92. The van der Waals surface area contributed by atoms with Crippen LogP contribution in [-0.2, 0) is 11.3 Å². The zero-order chi connectivity index (χ0) is 25.1. The minimum atomic E-state index is -0.523. The van der Waals surface area contributed by atoms with Gasteiger partial charge in [0, 0.05) is 30.2 Å². The van der Waals surface area contributed by atoms with Crippen molar-refractivity contribution in [3.8, 4) is 22.1 Å². The first-order valence-corrected chi connectivity index (χ1v) is 11.8. The van der Waals surface area contributed by atoms with Crippen LogP contribution in [0.5, 0.6) is 11.5 Å². The van der Waals surface area contributed by atoms with Gasteiger partial charge in [-0.2, -0.15) is 0 Å². The van der Waals surface area contributed by atoms with Crippen molar-refractivity contribution in [2.75, 3.05) is 32.7 Å². The summed E-state index contributed by atoms with van der Waals surface area (Å²) in [6, 6.07) is 8.10. The molecule has 1 aromatic carbocycles. The van der Waals surface area contributed by atoms with Crippen molar-refractivity contribution in [3.63, 3.8) is 0 Å². The first-order valence-electron chi connectivity index (χ1n) is 10.9. The number of halogens is 2. The van der Waals surface area contributed by atoms with E-state index in [0.717, 1.165) is 23.2 Å². The number of ether oxygens (including phenoxy) is 3. The third-order valence-corrected chi connectivity index (χ3v) is 6.64. The van der Waals surface area contributed by atoms with Gasteiger partial charge in [0.15, 0.2) is 10.7 Å². The number of carbonyl (C=O) groups excluding carboxylic acids is 1. The Kier molecular flexibility index (Phi) is 7.20. The van der Waals surface area contributed by atoms with Crippen molar-refractivity contribution < 1.29 is 27.8 Å². The molecule has 0 saturated carbocycles. The molecule has 0 unspecified atom stereocenters. The van der Waals surface area contributed by atoms with Crippen LogP contribution < -0.4 is 14.8 Å². The quantitative estimate of drug-likeness (QED) is 0.299. The molecule has 1 N–H and O–H groups in total. The molecule has 0 radical (unpaired) electrons. The molecule has 35 heavy (non-hydrogen) atoms. The van der Waals surface area contributed by atoms with Crippen LogP contribution in [0.2, 0.25) is 0 Å². The number of nitrogens with zero attached hydrogens (tertiary/aromatic N) is 2. The number of aryl methyl sites for hydroxylation is 1. The summed E-state index contributed by atoms with van der Waals surface area (Å²) in [5.41, 5.74) is 2.02. The lowest BCUT2D eigenvalue weighted by atomic mass is 10.2. The van der Waals surface area contributed by atoms with Crippen molar-refractivity contribution in [2.45, 2.75) is 20.4 Å². The molecule has 7 nitrogen and oxygen atoms in total. The standard InChI is InChI=1S/C25H25F2N3O4S/c1-5-34-21-12-22(35-24(21)25(31)33-4)19-11-18(17(27)13-29-19)28-8-9-30-14(2)10-15-20(32-3)7-6-16(26)23(15)30/h6-7,10-13H,5,8-9H2,1-4H3,(H,28,29). The Balaban J connectivity index is 1.57. The predicted octanol–water partition coefficient (Wildman–Crippen LogP) is 5.66. The Morgan fingerprint density at radius 1 is 1.14 bits per heavy atom. The molecule has 0 atom stereocenters. The van der Waals surface area contributed by atoms with E-state index in [0.29, 0.717) is 57.5 Å². The van der Waals surface area contributed by atoms with Crippen LogP contribution in [0.25, 0.3) is 21.5 Å². The molecule has 0 spiro atoms. The molecule has 0 fully saturated rings. The highest BCUT2D eigenvalue weighted by molar-refractivity contribution is 7.17. The van der Waals surface area contributed by atoms with Gasteiger partial charge < -0.3 is 24.1 Å². The molecule has 3 aromatic heterocycles. The number of hydrogen-bond donors (Lipinski definition) is 1. The monoisotopic (exact) mass is 501 g/mol. The van der Waals surface area contributed by atoms with Crippen molar-refractivity contribution in [1.29, 1.82) is 0 Å². The molecular weight excluding hydrogens is 476 g/mol. The third kappa shape index (κ3) is 4.79. The van der Waals surface area contributed by atoms with Crippen LogP contribution in [0, 0.1) is 18.6 Å². The Morgan fingerprint density at radius 2 is 1.94 bits per heavy atom. The van der Waals surface area contributed by atoms with Gasteiger partial charge in [0.05, 0.1) is 48.8 Å². The maximum atomic E-state index is 14.6. The normalized spacial score (nSPS) is 11.0. The van der Waals surface area contributed by atoms with Gasteiger partial charge in [-0.15, -0.1) is 11.3 Å². The van der Waals surface area contributed by atoms with Crippen LogP contribution in [0.1, 0.15) is 22.3 Å². The fourth-order valence-corrected chi connectivity index (χ4v) is 4.90. The largest absolute Gasteiger partial charge is 0.496 e. The predicted molar refractivity (Wildman–Crippen MR) is 132 cm³/mol. The molecule has 4 aromatic rings. The fraction of sp³-hybridized carbons (Fsp3) is 0.280. The number of carbonyl (C=O) groups is 1. The summed E-state index contributed by atoms with van der Waals surface area (Å²) in [5, 5.41) is 3.76. The molecule has 0 aliphatic rings. The highest BCUT2D eigenvalue weighted by atomic mass is 32.1. The number of pyridine rings is 1. The SMILES string of the molecule is CCOc1cc(-c2cc(NCCn3c(C)cc4c(OC)ccc(F)c43)c(F)cn2)sc1C(=O)OC. The molecule has 0 bridgehead atoms. The van der Waals surface area contributed by atoms with Crippen LogP contribution in [0.3, 0.4) is 0 Å². The van der Waals surface area contributed by atoms with Crippen molar-refractivity contribution in [1.82, 2.24) is 9.55 Å². The van der Waals surface area contributed by atoms with Gasteiger partial charge in [0.1, 0.15) is 17.3 Å². The van der Waals surface area contributed by atoms with Crippen molar-refractivity contribution in [2.24, 2.45) is 0 Å². The topological polar surface area (TPSA) is 74.6 Å². The molecule has 10 heteroatoms. The second-order valence-corrected chi connectivity index (χ2v) is 8.71. The zero-order valence-electron chi connectivity index (χ0n) is 19.8. The number of methoxy groups -OCH3 is 2. The average Bonchev–Trinajstić information content (AvgIpc) is 3.42. The lowest BCUT2D eigenvalue weighted by Crippen LogP contribution is -2.13.